The van der Waals surface area contributed by atoms with Gasteiger partial charge < -0.3 is 0 Å². The van der Waals surface area contributed by atoms with E-state index in [1.54, 1.807) is 0 Å². The lowest BCUT2D eigenvalue weighted by molar-refractivity contribution is -0.128. The fourth-order valence-electron chi connectivity index (χ4n) is 9.19. The molecule has 170 valence electrons. The number of fused-ring (bicyclic) bond motifs is 5. The monoisotopic (exact) mass is 412 g/mol. The second kappa shape index (κ2) is 7.77. The fourth-order valence-corrected chi connectivity index (χ4v) is 9.19. The van der Waals surface area contributed by atoms with E-state index in [4.69, 9.17) is 0 Å². The molecule has 0 amide bonds. The first-order valence-corrected chi connectivity index (χ1v) is 13.2. The third-order valence-electron chi connectivity index (χ3n) is 10.7. The molecule has 30 heavy (non-hydrogen) atoms. The van der Waals surface area contributed by atoms with Crippen molar-refractivity contribution in [2.45, 2.75) is 113 Å². The lowest BCUT2D eigenvalue weighted by atomic mass is 9.44. The van der Waals surface area contributed by atoms with Gasteiger partial charge in [0.25, 0.3) is 0 Å². The molecule has 4 aliphatic carbocycles. The molecule has 7 atom stereocenters. The van der Waals surface area contributed by atoms with Gasteiger partial charge in [0.05, 0.1) is 0 Å². The Labute approximate surface area is 186 Å². The zero-order valence-corrected chi connectivity index (χ0v) is 21.0. The number of carbonyl (C=O) groups excluding carboxylic acids is 1. The largest absolute Gasteiger partial charge is 0.294 e. The van der Waals surface area contributed by atoms with Gasteiger partial charge in [0, 0.05) is 5.41 Å². The van der Waals surface area contributed by atoms with Crippen LogP contribution in [0.3, 0.4) is 0 Å². The molecular formula is C29H48O. The number of hydrogen-bond donors (Lipinski definition) is 0. The van der Waals surface area contributed by atoms with E-state index in [1.165, 1.54) is 63.4 Å². The molecule has 0 saturated heterocycles. The summed E-state index contributed by atoms with van der Waals surface area (Å²) in [5.74, 6) is 5.66. The Balaban J connectivity index is 1.53. The fraction of sp³-hybridized carbons (Fsp3) is 0.897. The molecule has 1 heteroatoms. The molecule has 0 unspecified atom stereocenters. The first-order valence-electron chi connectivity index (χ1n) is 13.2. The molecule has 3 saturated carbocycles. The predicted octanol–water partition coefficient (Wildman–Crippen LogP) is 8.23. The summed E-state index contributed by atoms with van der Waals surface area (Å²) in [6, 6.07) is 0. The van der Waals surface area contributed by atoms with Gasteiger partial charge in [-0.3, -0.25) is 4.79 Å². The molecule has 0 radical (unpaired) electrons. The normalized spacial score (nSPS) is 43.6. The molecule has 4 rings (SSSR count). The van der Waals surface area contributed by atoms with E-state index in [-0.39, 0.29) is 10.8 Å². The summed E-state index contributed by atoms with van der Waals surface area (Å²) in [4.78, 5) is 12.7. The summed E-state index contributed by atoms with van der Waals surface area (Å²) < 4.78 is 0. The molecule has 0 bridgehead atoms. The van der Waals surface area contributed by atoms with E-state index < -0.39 is 0 Å². The van der Waals surface area contributed by atoms with Gasteiger partial charge in [-0.2, -0.15) is 0 Å². The average Bonchev–Trinajstić information content (AvgIpc) is 2.99. The van der Waals surface area contributed by atoms with Crippen LogP contribution in [-0.4, -0.2) is 5.78 Å². The van der Waals surface area contributed by atoms with Crippen molar-refractivity contribution >= 4 is 5.78 Å². The van der Waals surface area contributed by atoms with Gasteiger partial charge >= 0.3 is 0 Å². The Bertz CT molecular complexity index is 699. The predicted molar refractivity (Wildman–Crippen MR) is 127 cm³/mol. The van der Waals surface area contributed by atoms with Gasteiger partial charge in [-0.15, -0.1) is 0 Å². The van der Waals surface area contributed by atoms with Crippen LogP contribution in [0.25, 0.3) is 0 Å². The molecule has 0 aromatic carbocycles. The minimum Gasteiger partial charge on any atom is -0.294 e. The van der Waals surface area contributed by atoms with Crippen molar-refractivity contribution in [1.29, 1.82) is 0 Å². The van der Waals surface area contributed by atoms with Crippen LogP contribution < -0.4 is 0 Å². The van der Waals surface area contributed by atoms with Gasteiger partial charge in [-0.1, -0.05) is 73.3 Å². The molecule has 4 aliphatic rings. The molecule has 0 N–H and O–H groups in total. The Morgan fingerprint density at radius 2 is 1.70 bits per heavy atom. The van der Waals surface area contributed by atoms with Crippen LogP contribution in [0.2, 0.25) is 0 Å². The van der Waals surface area contributed by atoms with E-state index in [9.17, 15) is 4.79 Å². The highest BCUT2D eigenvalue weighted by Gasteiger charge is 2.60. The summed E-state index contributed by atoms with van der Waals surface area (Å²) in [6.07, 6.45) is 15.7. The molecular weight excluding hydrogens is 364 g/mol. The van der Waals surface area contributed by atoms with Gasteiger partial charge in [0.2, 0.25) is 0 Å². The maximum atomic E-state index is 12.7. The highest BCUT2D eigenvalue weighted by Crippen LogP contribution is 2.68. The van der Waals surface area contributed by atoms with Crippen LogP contribution in [0, 0.1) is 51.8 Å². The van der Waals surface area contributed by atoms with Crippen molar-refractivity contribution in [3.05, 3.63) is 11.6 Å². The van der Waals surface area contributed by atoms with Crippen molar-refractivity contribution in [1.82, 2.24) is 0 Å². The van der Waals surface area contributed by atoms with Crippen molar-refractivity contribution < 1.29 is 4.79 Å². The van der Waals surface area contributed by atoms with Crippen molar-refractivity contribution in [3.8, 4) is 0 Å². The average molecular weight is 413 g/mol. The third-order valence-corrected chi connectivity index (χ3v) is 10.7. The molecule has 0 aromatic rings. The van der Waals surface area contributed by atoms with E-state index >= 15 is 0 Å². The maximum absolute atomic E-state index is 12.7. The van der Waals surface area contributed by atoms with E-state index in [1.807, 2.05) is 0 Å². The van der Waals surface area contributed by atoms with Crippen molar-refractivity contribution in [2.24, 2.45) is 51.8 Å². The van der Waals surface area contributed by atoms with Crippen LogP contribution in [0.5, 0.6) is 0 Å². The topological polar surface area (TPSA) is 17.1 Å². The van der Waals surface area contributed by atoms with Crippen LogP contribution in [0.15, 0.2) is 11.6 Å². The quantitative estimate of drug-likeness (QED) is 0.444. The Morgan fingerprint density at radius 1 is 0.967 bits per heavy atom. The smallest absolute Gasteiger partial charge is 0.161 e. The number of carbonyl (C=O) groups is 1. The molecule has 0 aliphatic heterocycles. The standard InChI is InChI=1S/C29H48O/c1-19(2)9-8-10-20(3)23-13-14-24-22-12-11-21-17-26(30)27(4,5)18-29(21,7)25(22)15-16-28(23,24)6/h17,19-20,22-25H,8-16,18H2,1-7H3/t20-,22+,23-,24+,25+,28-,29+/m1/s1. The highest BCUT2D eigenvalue weighted by molar-refractivity contribution is 5.96. The number of hydrogen-bond acceptors (Lipinski definition) is 1. The van der Waals surface area contributed by atoms with Gasteiger partial charge in [0.15, 0.2) is 5.78 Å². The number of rotatable bonds is 5. The zero-order chi connectivity index (χ0) is 21.9. The van der Waals surface area contributed by atoms with E-state index in [0.717, 1.165) is 41.9 Å². The lowest BCUT2D eigenvalue weighted by Crippen LogP contribution is -2.53. The zero-order valence-electron chi connectivity index (χ0n) is 21.0. The molecule has 1 nitrogen and oxygen atoms in total. The molecule has 3 fully saturated rings. The first kappa shape index (κ1) is 22.6. The van der Waals surface area contributed by atoms with E-state index in [2.05, 4.69) is 54.5 Å². The lowest BCUT2D eigenvalue weighted by Gasteiger charge is -2.60. The van der Waals surface area contributed by atoms with Crippen LogP contribution >= 0.6 is 0 Å². The SMILES string of the molecule is CC(C)CCC[C@@H](C)[C@H]1CC[C@H]2[C@@H]3CCC4=CC(=O)C(C)(C)C[C@]4(C)[C@H]3CC[C@]12C. The Kier molecular flexibility index (Phi) is 5.85. The second-order valence-corrected chi connectivity index (χ2v) is 13.5. The second-order valence-electron chi connectivity index (χ2n) is 13.5. The summed E-state index contributed by atoms with van der Waals surface area (Å²) in [5.41, 5.74) is 2.16. The van der Waals surface area contributed by atoms with Gasteiger partial charge in [0.1, 0.15) is 0 Å². The van der Waals surface area contributed by atoms with E-state index in [0.29, 0.717) is 11.2 Å². The minimum absolute atomic E-state index is 0.177. The van der Waals surface area contributed by atoms with Gasteiger partial charge in [-0.05, 0) is 97.4 Å². The summed E-state index contributed by atoms with van der Waals surface area (Å²) in [7, 11) is 0. The maximum Gasteiger partial charge on any atom is 0.161 e. The van der Waals surface area contributed by atoms with Crippen LogP contribution in [0.4, 0.5) is 0 Å². The number of allylic oxidation sites excluding steroid dienone is 1. The minimum atomic E-state index is -0.177. The van der Waals surface area contributed by atoms with Gasteiger partial charge in [-0.25, -0.2) is 0 Å². The molecule has 0 aromatic heterocycles. The Morgan fingerprint density at radius 3 is 2.40 bits per heavy atom. The third kappa shape index (κ3) is 3.55. The Hall–Kier alpha value is -0.590. The summed E-state index contributed by atoms with van der Waals surface area (Å²) in [5, 5.41) is 0. The van der Waals surface area contributed by atoms with Crippen LogP contribution in [-0.2, 0) is 4.79 Å². The van der Waals surface area contributed by atoms with Crippen molar-refractivity contribution in [2.75, 3.05) is 0 Å². The molecule has 0 spiro atoms. The van der Waals surface area contributed by atoms with Crippen LogP contribution in [0.1, 0.15) is 113 Å². The summed E-state index contributed by atoms with van der Waals surface area (Å²) >= 11 is 0. The van der Waals surface area contributed by atoms with Crippen molar-refractivity contribution in [3.63, 3.8) is 0 Å². The summed E-state index contributed by atoms with van der Waals surface area (Å²) in [6.45, 7) is 16.9. The highest BCUT2D eigenvalue weighted by atomic mass is 16.1. The molecule has 0 heterocycles. The first-order chi connectivity index (χ1) is 14.0. The number of ketones is 1.